The van der Waals surface area contributed by atoms with Crippen LogP contribution in [-0.2, 0) is 6.54 Å². The van der Waals surface area contributed by atoms with Crippen LogP contribution in [-0.4, -0.2) is 43.1 Å². The molecule has 0 spiro atoms. The smallest absolute Gasteiger partial charge is 0.191 e. The molecule has 2 fully saturated rings. The summed E-state index contributed by atoms with van der Waals surface area (Å²) in [6.07, 6.45) is 6.32. The highest BCUT2D eigenvalue weighted by molar-refractivity contribution is 5.80. The van der Waals surface area contributed by atoms with Gasteiger partial charge < -0.3 is 10.6 Å². The topological polar surface area (TPSA) is 39.7 Å². The molecule has 0 aromatic heterocycles. The molecule has 3 rings (SSSR count). The Balaban J connectivity index is 1.38. The van der Waals surface area contributed by atoms with Gasteiger partial charge in [0.2, 0.25) is 0 Å². The second-order valence-electron chi connectivity index (χ2n) is 7.29. The van der Waals surface area contributed by atoms with Gasteiger partial charge in [0.15, 0.2) is 5.96 Å². The van der Waals surface area contributed by atoms with Crippen molar-refractivity contribution in [3.8, 4) is 0 Å². The molecule has 2 N–H and O–H groups in total. The number of guanidine groups is 1. The molecule has 1 saturated carbocycles. The molecule has 0 bridgehead atoms. The molecule has 2 atom stereocenters. The van der Waals surface area contributed by atoms with Crippen molar-refractivity contribution >= 4 is 5.96 Å². The largest absolute Gasteiger partial charge is 0.354 e. The minimum Gasteiger partial charge on any atom is -0.354 e. The number of likely N-dealkylation sites (tertiary alicyclic amines) is 1. The van der Waals surface area contributed by atoms with E-state index >= 15 is 0 Å². The predicted octanol–water partition coefficient (Wildman–Crippen LogP) is 3.00. The van der Waals surface area contributed by atoms with Crippen LogP contribution in [0.3, 0.4) is 0 Å². The van der Waals surface area contributed by atoms with Gasteiger partial charge in [0.25, 0.3) is 0 Å². The normalized spacial score (nSPS) is 25.5. The fourth-order valence-corrected chi connectivity index (χ4v) is 3.73. The van der Waals surface area contributed by atoms with Gasteiger partial charge in [-0.1, -0.05) is 43.7 Å². The van der Waals surface area contributed by atoms with Crippen LogP contribution in [0.2, 0.25) is 0 Å². The number of nitrogens with zero attached hydrogens (tertiary/aromatic N) is 2. The van der Waals surface area contributed by atoms with Crippen molar-refractivity contribution in [2.24, 2.45) is 10.9 Å². The van der Waals surface area contributed by atoms with Crippen LogP contribution in [0.15, 0.2) is 35.3 Å². The monoisotopic (exact) mass is 328 g/mol. The Morgan fingerprint density at radius 1 is 1.17 bits per heavy atom. The van der Waals surface area contributed by atoms with Crippen molar-refractivity contribution in [3.05, 3.63) is 35.9 Å². The third-order valence-corrected chi connectivity index (χ3v) is 5.31. The zero-order valence-corrected chi connectivity index (χ0v) is 15.2. The zero-order chi connectivity index (χ0) is 16.8. The molecule has 24 heavy (non-hydrogen) atoms. The Bertz CT molecular complexity index is 520. The van der Waals surface area contributed by atoms with E-state index in [1.807, 2.05) is 7.05 Å². The highest BCUT2D eigenvalue weighted by Crippen LogP contribution is 2.34. The highest BCUT2D eigenvalue weighted by atomic mass is 15.2. The molecule has 2 aliphatic rings. The molecule has 1 aliphatic heterocycles. The van der Waals surface area contributed by atoms with Crippen LogP contribution in [0.5, 0.6) is 0 Å². The average molecular weight is 329 g/mol. The van der Waals surface area contributed by atoms with E-state index in [-0.39, 0.29) is 0 Å². The van der Waals surface area contributed by atoms with Gasteiger partial charge >= 0.3 is 0 Å². The average Bonchev–Trinajstić information content (AvgIpc) is 3.35. The van der Waals surface area contributed by atoms with Crippen LogP contribution >= 0.6 is 0 Å². The Labute approximate surface area is 146 Å². The molecule has 2 unspecified atom stereocenters. The third-order valence-electron chi connectivity index (χ3n) is 5.31. The van der Waals surface area contributed by atoms with Gasteiger partial charge in [-0.2, -0.15) is 0 Å². The fourth-order valence-electron chi connectivity index (χ4n) is 3.73. The van der Waals surface area contributed by atoms with Gasteiger partial charge in [-0.3, -0.25) is 9.89 Å². The molecule has 1 heterocycles. The van der Waals surface area contributed by atoms with E-state index in [1.54, 1.807) is 0 Å². The molecule has 1 aromatic rings. The molecular formula is C20H32N4. The van der Waals surface area contributed by atoms with Gasteiger partial charge in [-0.05, 0) is 37.2 Å². The van der Waals surface area contributed by atoms with Crippen molar-refractivity contribution in [2.75, 3.05) is 20.1 Å². The van der Waals surface area contributed by atoms with E-state index in [2.05, 4.69) is 57.8 Å². The molecule has 4 heteroatoms. The quantitative estimate of drug-likeness (QED) is 0.623. The lowest BCUT2D eigenvalue weighted by Crippen LogP contribution is -2.49. The number of nitrogens with one attached hydrogen (secondary N) is 2. The minimum absolute atomic E-state index is 0.548. The van der Waals surface area contributed by atoms with Crippen LogP contribution in [0.1, 0.15) is 44.6 Å². The van der Waals surface area contributed by atoms with Crippen molar-refractivity contribution < 1.29 is 0 Å². The number of aliphatic imine (C=N–C) groups is 1. The molecule has 4 nitrogen and oxygen atoms in total. The van der Waals surface area contributed by atoms with Gasteiger partial charge in [0.05, 0.1) is 0 Å². The number of benzene rings is 1. The SMILES string of the molecule is CCCC1CC1NC(=NC)NC1CCN(Cc2ccccc2)CC1. The summed E-state index contributed by atoms with van der Waals surface area (Å²) in [5.41, 5.74) is 1.41. The van der Waals surface area contributed by atoms with Crippen molar-refractivity contribution in [1.29, 1.82) is 0 Å². The van der Waals surface area contributed by atoms with Gasteiger partial charge in [0, 0.05) is 38.8 Å². The van der Waals surface area contributed by atoms with Crippen molar-refractivity contribution in [2.45, 2.75) is 57.7 Å². The predicted molar refractivity (Wildman–Crippen MR) is 101 cm³/mol. The lowest BCUT2D eigenvalue weighted by atomic mass is 10.0. The number of piperidine rings is 1. The first kappa shape index (κ1) is 17.3. The van der Waals surface area contributed by atoms with E-state index in [9.17, 15) is 0 Å². The maximum Gasteiger partial charge on any atom is 0.191 e. The number of hydrogen-bond acceptors (Lipinski definition) is 2. The Morgan fingerprint density at radius 2 is 1.92 bits per heavy atom. The van der Waals surface area contributed by atoms with Crippen LogP contribution in [0.4, 0.5) is 0 Å². The van der Waals surface area contributed by atoms with Crippen LogP contribution in [0.25, 0.3) is 0 Å². The number of hydrogen-bond donors (Lipinski definition) is 2. The first-order chi connectivity index (χ1) is 11.8. The fraction of sp³-hybridized carbons (Fsp3) is 0.650. The van der Waals surface area contributed by atoms with Crippen molar-refractivity contribution in [3.63, 3.8) is 0 Å². The first-order valence-electron chi connectivity index (χ1n) is 9.54. The van der Waals surface area contributed by atoms with Crippen LogP contribution in [0, 0.1) is 5.92 Å². The molecule has 132 valence electrons. The van der Waals surface area contributed by atoms with E-state index < -0.39 is 0 Å². The van der Waals surface area contributed by atoms with Gasteiger partial charge in [-0.15, -0.1) is 0 Å². The molecule has 1 aliphatic carbocycles. The summed E-state index contributed by atoms with van der Waals surface area (Å²) in [6.45, 7) is 5.66. The van der Waals surface area contributed by atoms with Gasteiger partial charge in [-0.25, -0.2) is 0 Å². The Hall–Kier alpha value is -1.55. The maximum atomic E-state index is 4.42. The minimum atomic E-state index is 0.548. The second kappa shape index (κ2) is 8.52. The summed E-state index contributed by atoms with van der Waals surface area (Å²) < 4.78 is 0. The van der Waals surface area contributed by atoms with Crippen LogP contribution < -0.4 is 10.6 Å². The Kier molecular flexibility index (Phi) is 6.13. The second-order valence-corrected chi connectivity index (χ2v) is 7.29. The summed E-state index contributed by atoms with van der Waals surface area (Å²) in [6, 6.07) is 12.0. The molecule has 1 saturated heterocycles. The summed E-state index contributed by atoms with van der Waals surface area (Å²) >= 11 is 0. The zero-order valence-electron chi connectivity index (χ0n) is 15.2. The lowest BCUT2D eigenvalue weighted by Gasteiger charge is -2.33. The third kappa shape index (κ3) is 4.97. The van der Waals surface area contributed by atoms with Crippen molar-refractivity contribution in [1.82, 2.24) is 15.5 Å². The van der Waals surface area contributed by atoms with Gasteiger partial charge in [0.1, 0.15) is 0 Å². The summed E-state index contributed by atoms with van der Waals surface area (Å²) in [5, 5.41) is 7.24. The molecule has 1 aromatic carbocycles. The standard InChI is InChI=1S/C20H32N4/c1-3-7-17-14-19(17)23-20(21-2)22-18-10-12-24(13-11-18)15-16-8-5-4-6-9-16/h4-6,8-9,17-19H,3,7,10-15H2,1-2H3,(H2,21,22,23). The number of rotatable bonds is 6. The summed E-state index contributed by atoms with van der Waals surface area (Å²) in [4.78, 5) is 6.98. The summed E-state index contributed by atoms with van der Waals surface area (Å²) in [7, 11) is 1.89. The summed E-state index contributed by atoms with van der Waals surface area (Å²) in [5.74, 6) is 1.86. The van der Waals surface area contributed by atoms with E-state index in [0.29, 0.717) is 12.1 Å². The first-order valence-corrected chi connectivity index (χ1v) is 9.54. The van der Waals surface area contributed by atoms with E-state index in [4.69, 9.17) is 0 Å². The van der Waals surface area contributed by atoms with E-state index in [1.165, 1.54) is 37.7 Å². The highest BCUT2D eigenvalue weighted by Gasteiger charge is 2.36. The lowest BCUT2D eigenvalue weighted by molar-refractivity contribution is 0.198. The maximum absolute atomic E-state index is 4.42. The molecule has 0 radical (unpaired) electrons. The molecule has 0 amide bonds. The van der Waals surface area contributed by atoms with E-state index in [0.717, 1.165) is 31.5 Å². The Morgan fingerprint density at radius 3 is 2.58 bits per heavy atom. The molecular weight excluding hydrogens is 296 g/mol.